The van der Waals surface area contributed by atoms with Crippen LogP contribution in [-0.2, 0) is 6.54 Å². The van der Waals surface area contributed by atoms with Crippen LogP contribution < -0.4 is 15.4 Å². The highest BCUT2D eigenvalue weighted by molar-refractivity contribution is 5.63. The minimum Gasteiger partial charge on any atom is -0.490 e. The number of aromatic nitrogens is 3. The van der Waals surface area contributed by atoms with Crippen LogP contribution >= 0.6 is 0 Å². The van der Waals surface area contributed by atoms with Crippen LogP contribution in [0.3, 0.4) is 0 Å². The number of hydrogen-bond acceptors (Lipinski definition) is 7. The van der Waals surface area contributed by atoms with E-state index in [0.29, 0.717) is 23.9 Å². The van der Waals surface area contributed by atoms with Crippen molar-refractivity contribution in [2.24, 2.45) is 0 Å². The third-order valence-corrected chi connectivity index (χ3v) is 2.27. The topological polar surface area (TPSA) is 85.1 Å². The van der Waals surface area contributed by atoms with Gasteiger partial charge in [0, 0.05) is 12.6 Å². The van der Waals surface area contributed by atoms with E-state index in [-0.39, 0.29) is 0 Å². The molecule has 0 aliphatic heterocycles. The maximum absolute atomic E-state index is 5.30. The minimum atomic E-state index is 0.485. The van der Waals surface area contributed by atoms with E-state index in [1.807, 2.05) is 6.92 Å². The van der Waals surface area contributed by atoms with Gasteiger partial charge in [-0.3, -0.25) is 0 Å². The van der Waals surface area contributed by atoms with E-state index >= 15 is 0 Å². The lowest BCUT2D eigenvalue weighted by Crippen LogP contribution is -2.07. The van der Waals surface area contributed by atoms with E-state index < -0.39 is 0 Å². The molecule has 2 heterocycles. The summed E-state index contributed by atoms with van der Waals surface area (Å²) in [4.78, 5) is 8.26. The van der Waals surface area contributed by atoms with Gasteiger partial charge in [0.1, 0.15) is 6.33 Å². The molecular weight excluding hydrogens is 234 g/mol. The zero-order chi connectivity index (χ0) is 12.8. The first-order chi connectivity index (χ1) is 8.85. The second-order valence-corrected chi connectivity index (χ2v) is 3.47. The molecule has 2 N–H and O–H groups in total. The monoisotopic (exact) mass is 249 g/mol. The number of nitrogens with one attached hydrogen (secondary N) is 2. The molecule has 7 heteroatoms. The lowest BCUT2D eigenvalue weighted by molar-refractivity contribution is 0.387. The molecule has 96 valence electrons. The van der Waals surface area contributed by atoms with E-state index in [1.165, 1.54) is 6.33 Å². The summed E-state index contributed by atoms with van der Waals surface area (Å²) in [6.45, 7) is 3.23. The van der Waals surface area contributed by atoms with Gasteiger partial charge in [-0.25, -0.2) is 9.97 Å². The smallest absolute Gasteiger partial charge is 0.204 e. The molecule has 0 unspecified atom stereocenters. The van der Waals surface area contributed by atoms with Crippen molar-refractivity contribution in [2.75, 3.05) is 24.3 Å². The Morgan fingerprint density at radius 2 is 2.06 bits per heavy atom. The fraction of sp³-hybridized carbons (Fsp3) is 0.364. The standard InChI is InChI=1S/C11H15N5O2/c1-3-12-10-9(17-2)11(15-7-14-10)13-6-8-4-5-16-18-8/h4-5,7H,3,6H2,1-2H3,(H2,12,13,14,15). The Balaban J connectivity index is 2.13. The SMILES string of the molecule is CCNc1ncnc(NCc2ccno2)c1OC. The number of anilines is 2. The van der Waals surface area contributed by atoms with Crippen LogP contribution in [0.4, 0.5) is 11.6 Å². The molecule has 0 aliphatic carbocycles. The fourth-order valence-electron chi connectivity index (χ4n) is 1.49. The van der Waals surface area contributed by atoms with E-state index in [0.717, 1.165) is 12.3 Å². The zero-order valence-electron chi connectivity index (χ0n) is 10.3. The van der Waals surface area contributed by atoms with Crippen molar-refractivity contribution in [1.82, 2.24) is 15.1 Å². The minimum absolute atomic E-state index is 0.485. The molecule has 0 radical (unpaired) electrons. The molecule has 0 atom stereocenters. The summed E-state index contributed by atoms with van der Waals surface area (Å²) in [7, 11) is 1.58. The fourth-order valence-corrected chi connectivity index (χ4v) is 1.49. The molecular formula is C11H15N5O2. The summed E-state index contributed by atoms with van der Waals surface area (Å²) in [5.74, 6) is 2.58. The molecule has 0 aromatic carbocycles. The van der Waals surface area contributed by atoms with E-state index in [9.17, 15) is 0 Å². The lowest BCUT2D eigenvalue weighted by Gasteiger charge is -2.12. The molecule has 0 bridgehead atoms. The Morgan fingerprint density at radius 3 is 2.67 bits per heavy atom. The van der Waals surface area contributed by atoms with Crippen molar-refractivity contribution in [3.8, 4) is 5.75 Å². The third-order valence-electron chi connectivity index (χ3n) is 2.27. The van der Waals surface area contributed by atoms with Gasteiger partial charge in [-0.05, 0) is 6.92 Å². The first-order valence-corrected chi connectivity index (χ1v) is 5.61. The Kier molecular flexibility index (Phi) is 3.95. The highest BCUT2D eigenvalue weighted by atomic mass is 16.5. The van der Waals surface area contributed by atoms with Crippen LogP contribution in [0.1, 0.15) is 12.7 Å². The van der Waals surface area contributed by atoms with Crippen LogP contribution in [-0.4, -0.2) is 28.8 Å². The molecule has 0 aliphatic rings. The molecule has 0 fully saturated rings. The predicted molar refractivity (Wildman–Crippen MR) is 66.6 cm³/mol. The van der Waals surface area contributed by atoms with E-state index in [2.05, 4.69) is 25.8 Å². The predicted octanol–water partition coefficient (Wildman–Crippen LogP) is 1.52. The number of methoxy groups -OCH3 is 1. The van der Waals surface area contributed by atoms with Crippen molar-refractivity contribution in [2.45, 2.75) is 13.5 Å². The van der Waals surface area contributed by atoms with E-state index in [1.54, 1.807) is 19.4 Å². The molecule has 2 aromatic heterocycles. The van der Waals surface area contributed by atoms with Crippen molar-refractivity contribution in [3.05, 3.63) is 24.4 Å². The van der Waals surface area contributed by atoms with Gasteiger partial charge in [0.15, 0.2) is 17.4 Å². The largest absolute Gasteiger partial charge is 0.490 e. The Hall–Kier alpha value is -2.31. The summed E-state index contributed by atoms with van der Waals surface area (Å²) < 4.78 is 10.3. The molecule has 7 nitrogen and oxygen atoms in total. The van der Waals surface area contributed by atoms with Crippen LogP contribution in [0.5, 0.6) is 5.75 Å². The molecule has 2 rings (SSSR count). The Bertz CT molecular complexity index is 486. The Morgan fingerprint density at radius 1 is 1.28 bits per heavy atom. The number of hydrogen-bond donors (Lipinski definition) is 2. The van der Waals surface area contributed by atoms with Gasteiger partial charge in [-0.1, -0.05) is 5.16 Å². The molecule has 0 amide bonds. The van der Waals surface area contributed by atoms with Gasteiger partial charge in [-0.2, -0.15) is 0 Å². The highest BCUT2D eigenvalue weighted by Crippen LogP contribution is 2.28. The maximum Gasteiger partial charge on any atom is 0.204 e. The van der Waals surface area contributed by atoms with E-state index in [4.69, 9.17) is 9.26 Å². The normalized spacial score (nSPS) is 10.1. The van der Waals surface area contributed by atoms with Gasteiger partial charge >= 0.3 is 0 Å². The second kappa shape index (κ2) is 5.85. The number of ether oxygens (including phenoxy) is 1. The number of rotatable bonds is 6. The third kappa shape index (κ3) is 2.68. The average Bonchev–Trinajstić information content (AvgIpc) is 2.90. The maximum atomic E-state index is 5.30. The van der Waals surface area contributed by atoms with Crippen molar-refractivity contribution >= 4 is 11.6 Å². The summed E-state index contributed by atoms with van der Waals surface area (Å²) in [5.41, 5.74) is 0. The van der Waals surface area contributed by atoms with Crippen LogP contribution in [0, 0.1) is 0 Å². The summed E-state index contributed by atoms with van der Waals surface area (Å²) >= 11 is 0. The van der Waals surface area contributed by atoms with Crippen LogP contribution in [0.15, 0.2) is 23.1 Å². The number of nitrogens with zero attached hydrogens (tertiary/aromatic N) is 3. The summed E-state index contributed by atoms with van der Waals surface area (Å²) in [6, 6.07) is 1.78. The quantitative estimate of drug-likeness (QED) is 0.802. The molecule has 2 aromatic rings. The summed E-state index contributed by atoms with van der Waals surface area (Å²) in [5, 5.41) is 9.86. The van der Waals surface area contributed by atoms with Gasteiger partial charge in [0.05, 0.1) is 19.9 Å². The van der Waals surface area contributed by atoms with Crippen molar-refractivity contribution in [1.29, 1.82) is 0 Å². The van der Waals surface area contributed by atoms with Gasteiger partial charge in [0.25, 0.3) is 0 Å². The van der Waals surface area contributed by atoms with Crippen molar-refractivity contribution in [3.63, 3.8) is 0 Å². The zero-order valence-corrected chi connectivity index (χ0v) is 10.3. The highest BCUT2D eigenvalue weighted by Gasteiger charge is 2.11. The first kappa shape index (κ1) is 12.2. The molecule has 0 saturated carbocycles. The molecule has 0 spiro atoms. The Labute approximate surface area is 105 Å². The second-order valence-electron chi connectivity index (χ2n) is 3.47. The summed E-state index contributed by atoms with van der Waals surface area (Å²) in [6.07, 6.45) is 3.07. The lowest BCUT2D eigenvalue weighted by atomic mass is 10.4. The van der Waals surface area contributed by atoms with Gasteiger partial charge in [0.2, 0.25) is 5.75 Å². The van der Waals surface area contributed by atoms with Crippen LogP contribution in [0.25, 0.3) is 0 Å². The molecule has 0 saturated heterocycles. The first-order valence-electron chi connectivity index (χ1n) is 5.61. The van der Waals surface area contributed by atoms with Crippen LogP contribution in [0.2, 0.25) is 0 Å². The molecule has 18 heavy (non-hydrogen) atoms. The average molecular weight is 249 g/mol. The van der Waals surface area contributed by atoms with Crippen molar-refractivity contribution < 1.29 is 9.26 Å². The van der Waals surface area contributed by atoms with Gasteiger partial charge in [-0.15, -0.1) is 0 Å². The van der Waals surface area contributed by atoms with Gasteiger partial charge < -0.3 is 19.9 Å².